The van der Waals surface area contributed by atoms with E-state index in [1.807, 2.05) is 0 Å². The van der Waals surface area contributed by atoms with Gasteiger partial charge in [-0.1, -0.05) is 43.7 Å². The molecule has 0 saturated heterocycles. The summed E-state index contributed by atoms with van der Waals surface area (Å²) in [4.78, 5) is 11.4. The molecule has 0 N–H and O–H groups in total. The molecule has 0 unspecified atom stereocenters. The molecule has 0 aromatic heterocycles. The van der Waals surface area contributed by atoms with Crippen molar-refractivity contribution < 1.29 is 4.79 Å². The Bertz CT molecular complexity index is 581. The lowest BCUT2D eigenvalue weighted by atomic mass is 9.95. The predicted octanol–water partition coefficient (Wildman–Crippen LogP) is 4.23. The monoisotopic (exact) mass is 240 g/mol. The van der Waals surface area contributed by atoms with Gasteiger partial charge in [0.15, 0.2) is 0 Å². The van der Waals surface area contributed by atoms with Crippen LogP contribution in [0.25, 0.3) is 10.8 Å². The fourth-order valence-corrected chi connectivity index (χ4v) is 2.47. The molecule has 1 heteroatoms. The van der Waals surface area contributed by atoms with Gasteiger partial charge in [-0.2, -0.15) is 0 Å². The summed E-state index contributed by atoms with van der Waals surface area (Å²) in [5, 5.41) is 2.52. The van der Waals surface area contributed by atoms with E-state index in [2.05, 4.69) is 44.2 Å². The van der Waals surface area contributed by atoms with E-state index in [0.717, 1.165) is 18.4 Å². The number of rotatable bonds is 4. The summed E-state index contributed by atoms with van der Waals surface area (Å²) in [6.07, 6.45) is 2.79. The van der Waals surface area contributed by atoms with Gasteiger partial charge in [-0.25, -0.2) is 0 Å². The standard InChI is InChI=1S/C17H20O/c1-4-5-14-7-9-16-12(2)6-8-15(10-13(3)18)17(16)11-14/h6-9,11H,4-5,10H2,1-3H3. The molecule has 0 aliphatic heterocycles. The Kier molecular flexibility index (Phi) is 3.81. The van der Waals surface area contributed by atoms with E-state index < -0.39 is 0 Å². The smallest absolute Gasteiger partial charge is 0.134 e. The minimum atomic E-state index is 0.223. The predicted molar refractivity (Wildman–Crippen MR) is 77.1 cm³/mol. The van der Waals surface area contributed by atoms with Gasteiger partial charge < -0.3 is 0 Å². The minimum Gasteiger partial charge on any atom is -0.300 e. The van der Waals surface area contributed by atoms with Crippen molar-refractivity contribution in [2.24, 2.45) is 0 Å². The summed E-state index contributed by atoms with van der Waals surface area (Å²) < 4.78 is 0. The van der Waals surface area contributed by atoms with Crippen LogP contribution in [-0.4, -0.2) is 5.78 Å². The molecular formula is C17H20O. The molecule has 2 aromatic rings. The zero-order valence-electron chi connectivity index (χ0n) is 11.4. The van der Waals surface area contributed by atoms with E-state index in [4.69, 9.17) is 0 Å². The number of hydrogen-bond donors (Lipinski definition) is 0. The second-order valence-electron chi connectivity index (χ2n) is 5.05. The Balaban J connectivity index is 2.59. The van der Waals surface area contributed by atoms with Gasteiger partial charge >= 0.3 is 0 Å². The number of hydrogen-bond acceptors (Lipinski definition) is 1. The summed E-state index contributed by atoms with van der Waals surface area (Å²) >= 11 is 0. The molecule has 0 amide bonds. The molecule has 0 fully saturated rings. The Morgan fingerprint density at radius 2 is 1.89 bits per heavy atom. The number of aryl methyl sites for hydroxylation is 2. The molecule has 0 aliphatic carbocycles. The minimum absolute atomic E-state index is 0.223. The SMILES string of the molecule is CCCc1ccc2c(C)ccc(CC(C)=O)c2c1. The van der Waals surface area contributed by atoms with Gasteiger partial charge in [0.25, 0.3) is 0 Å². The molecule has 0 saturated carbocycles. The average molecular weight is 240 g/mol. The third-order valence-electron chi connectivity index (χ3n) is 3.37. The second kappa shape index (κ2) is 5.34. The first-order chi connectivity index (χ1) is 8.61. The maximum absolute atomic E-state index is 11.4. The number of fused-ring (bicyclic) bond motifs is 1. The average Bonchev–Trinajstić information content (AvgIpc) is 2.33. The Morgan fingerprint density at radius 3 is 2.56 bits per heavy atom. The molecule has 0 heterocycles. The van der Waals surface area contributed by atoms with E-state index in [0.29, 0.717) is 6.42 Å². The highest BCUT2D eigenvalue weighted by atomic mass is 16.1. The molecule has 0 radical (unpaired) electrons. The first-order valence-electron chi connectivity index (χ1n) is 6.62. The van der Waals surface area contributed by atoms with Crippen LogP contribution in [0, 0.1) is 6.92 Å². The molecule has 0 spiro atoms. The Morgan fingerprint density at radius 1 is 1.11 bits per heavy atom. The van der Waals surface area contributed by atoms with Gasteiger partial charge in [0, 0.05) is 6.42 Å². The maximum atomic E-state index is 11.4. The number of carbonyl (C=O) groups excluding carboxylic acids is 1. The Labute approximate surface area is 109 Å². The largest absolute Gasteiger partial charge is 0.300 e. The lowest BCUT2D eigenvalue weighted by molar-refractivity contribution is -0.116. The normalized spacial score (nSPS) is 10.8. The van der Waals surface area contributed by atoms with Crippen LogP contribution < -0.4 is 0 Å². The molecule has 2 aromatic carbocycles. The first kappa shape index (κ1) is 12.8. The van der Waals surface area contributed by atoms with Crippen molar-refractivity contribution in [3.05, 3.63) is 47.0 Å². The van der Waals surface area contributed by atoms with Crippen molar-refractivity contribution in [2.45, 2.75) is 40.0 Å². The van der Waals surface area contributed by atoms with Gasteiger partial charge in [0.1, 0.15) is 5.78 Å². The summed E-state index contributed by atoms with van der Waals surface area (Å²) in [6.45, 7) is 5.97. The van der Waals surface area contributed by atoms with Crippen LogP contribution in [0.5, 0.6) is 0 Å². The lowest BCUT2D eigenvalue weighted by Crippen LogP contribution is -1.98. The van der Waals surface area contributed by atoms with Gasteiger partial charge in [0.2, 0.25) is 0 Å². The molecular weight excluding hydrogens is 220 g/mol. The van der Waals surface area contributed by atoms with E-state index >= 15 is 0 Å². The van der Waals surface area contributed by atoms with Crippen molar-refractivity contribution in [1.82, 2.24) is 0 Å². The second-order valence-corrected chi connectivity index (χ2v) is 5.05. The zero-order valence-corrected chi connectivity index (χ0v) is 11.4. The quantitative estimate of drug-likeness (QED) is 0.781. The topological polar surface area (TPSA) is 17.1 Å². The molecule has 18 heavy (non-hydrogen) atoms. The highest BCUT2D eigenvalue weighted by molar-refractivity contribution is 5.92. The maximum Gasteiger partial charge on any atom is 0.134 e. The highest BCUT2D eigenvalue weighted by Crippen LogP contribution is 2.25. The van der Waals surface area contributed by atoms with E-state index in [1.165, 1.54) is 21.9 Å². The van der Waals surface area contributed by atoms with E-state index in [-0.39, 0.29) is 5.78 Å². The van der Waals surface area contributed by atoms with Crippen molar-refractivity contribution >= 4 is 16.6 Å². The van der Waals surface area contributed by atoms with Crippen LogP contribution in [0.1, 0.15) is 37.0 Å². The van der Waals surface area contributed by atoms with Crippen LogP contribution in [0.15, 0.2) is 30.3 Å². The summed E-state index contributed by atoms with van der Waals surface area (Å²) in [6, 6.07) is 10.9. The summed E-state index contributed by atoms with van der Waals surface area (Å²) in [5.74, 6) is 0.223. The van der Waals surface area contributed by atoms with Crippen LogP contribution in [0.4, 0.5) is 0 Å². The van der Waals surface area contributed by atoms with Crippen molar-refractivity contribution in [2.75, 3.05) is 0 Å². The zero-order chi connectivity index (χ0) is 13.1. The van der Waals surface area contributed by atoms with Gasteiger partial charge in [-0.15, -0.1) is 0 Å². The molecule has 0 atom stereocenters. The number of Topliss-reactive ketones (excluding diaryl/α,β-unsaturated/α-hetero) is 1. The number of benzene rings is 2. The van der Waals surface area contributed by atoms with Gasteiger partial charge in [-0.3, -0.25) is 4.79 Å². The summed E-state index contributed by atoms with van der Waals surface area (Å²) in [7, 11) is 0. The number of carbonyl (C=O) groups is 1. The third-order valence-corrected chi connectivity index (χ3v) is 3.37. The third kappa shape index (κ3) is 2.61. The lowest BCUT2D eigenvalue weighted by Gasteiger charge is -2.10. The Hall–Kier alpha value is -1.63. The molecule has 2 rings (SSSR count). The van der Waals surface area contributed by atoms with Crippen LogP contribution in [-0.2, 0) is 17.6 Å². The highest BCUT2D eigenvalue weighted by Gasteiger charge is 2.06. The van der Waals surface area contributed by atoms with Crippen molar-refractivity contribution in [3.63, 3.8) is 0 Å². The van der Waals surface area contributed by atoms with Crippen molar-refractivity contribution in [1.29, 1.82) is 0 Å². The van der Waals surface area contributed by atoms with Crippen LogP contribution in [0.2, 0.25) is 0 Å². The number of ketones is 1. The van der Waals surface area contributed by atoms with Crippen molar-refractivity contribution in [3.8, 4) is 0 Å². The fourth-order valence-electron chi connectivity index (χ4n) is 2.47. The molecule has 94 valence electrons. The first-order valence-corrected chi connectivity index (χ1v) is 6.62. The van der Waals surface area contributed by atoms with Gasteiger partial charge in [-0.05, 0) is 47.7 Å². The molecule has 1 nitrogen and oxygen atoms in total. The van der Waals surface area contributed by atoms with Crippen LogP contribution in [0.3, 0.4) is 0 Å². The molecule has 0 bridgehead atoms. The van der Waals surface area contributed by atoms with E-state index in [9.17, 15) is 4.79 Å². The molecule has 0 aliphatic rings. The fraction of sp³-hybridized carbons (Fsp3) is 0.353. The van der Waals surface area contributed by atoms with Crippen LogP contribution >= 0.6 is 0 Å². The summed E-state index contributed by atoms with van der Waals surface area (Å²) in [5.41, 5.74) is 3.79. The van der Waals surface area contributed by atoms with Gasteiger partial charge in [0.05, 0.1) is 0 Å². The van der Waals surface area contributed by atoms with E-state index in [1.54, 1.807) is 6.92 Å².